The molecule has 0 aliphatic heterocycles. The number of hydrogen-bond acceptors (Lipinski definition) is 6. The van der Waals surface area contributed by atoms with E-state index >= 15 is 0 Å². The Balaban J connectivity index is 1.48. The molecule has 0 radical (unpaired) electrons. The van der Waals surface area contributed by atoms with Crippen LogP contribution in [0.3, 0.4) is 0 Å². The lowest BCUT2D eigenvalue weighted by atomic mass is 10.1. The molecular formula is C21H15ClN4O3. The van der Waals surface area contributed by atoms with E-state index in [9.17, 15) is 4.79 Å². The highest BCUT2D eigenvalue weighted by Crippen LogP contribution is 2.28. The first-order valence-corrected chi connectivity index (χ1v) is 9.08. The first-order valence-electron chi connectivity index (χ1n) is 8.71. The van der Waals surface area contributed by atoms with Gasteiger partial charge in [0.25, 0.3) is 11.8 Å². The highest BCUT2D eigenvalue weighted by atomic mass is 35.5. The quantitative estimate of drug-likeness (QED) is 0.508. The van der Waals surface area contributed by atoms with Crippen molar-refractivity contribution in [1.82, 2.24) is 15.1 Å². The summed E-state index contributed by atoms with van der Waals surface area (Å²) in [7, 11) is 0. The lowest BCUT2D eigenvalue weighted by Crippen LogP contribution is -2.20. The normalized spacial score (nSPS) is 10.5. The van der Waals surface area contributed by atoms with Gasteiger partial charge in [-0.25, -0.2) is 0 Å². The number of para-hydroxylation sites is 1. The number of aromatic nitrogens is 3. The molecule has 0 saturated heterocycles. The molecule has 2 aromatic carbocycles. The molecule has 0 fully saturated rings. The van der Waals surface area contributed by atoms with Gasteiger partial charge in [-0.1, -0.05) is 28.9 Å². The summed E-state index contributed by atoms with van der Waals surface area (Å²) in [6, 6.07) is 17.5. The smallest absolute Gasteiger partial charge is 0.262 e. The van der Waals surface area contributed by atoms with E-state index < -0.39 is 0 Å². The molecule has 4 rings (SSSR count). The van der Waals surface area contributed by atoms with Gasteiger partial charge in [-0.05, 0) is 48.5 Å². The number of rotatable bonds is 6. The van der Waals surface area contributed by atoms with Crippen LogP contribution in [0, 0.1) is 0 Å². The zero-order chi connectivity index (χ0) is 20.1. The van der Waals surface area contributed by atoms with Crippen LogP contribution in [0.5, 0.6) is 5.75 Å². The molecule has 0 aliphatic carbocycles. The number of amides is 1. The molecule has 1 amide bonds. The van der Waals surface area contributed by atoms with Crippen LogP contribution in [-0.2, 0) is 4.79 Å². The number of carbonyl (C=O) groups is 1. The van der Waals surface area contributed by atoms with Gasteiger partial charge < -0.3 is 14.6 Å². The summed E-state index contributed by atoms with van der Waals surface area (Å²) in [5, 5.41) is 7.41. The minimum atomic E-state index is -0.318. The second-order valence-electron chi connectivity index (χ2n) is 6.00. The first kappa shape index (κ1) is 18.6. The highest BCUT2D eigenvalue weighted by molar-refractivity contribution is 6.30. The van der Waals surface area contributed by atoms with E-state index in [4.69, 9.17) is 20.9 Å². The zero-order valence-electron chi connectivity index (χ0n) is 15.1. The molecule has 0 aliphatic rings. The zero-order valence-corrected chi connectivity index (χ0v) is 15.8. The van der Waals surface area contributed by atoms with Crippen molar-refractivity contribution in [2.24, 2.45) is 0 Å². The summed E-state index contributed by atoms with van der Waals surface area (Å²) < 4.78 is 10.9. The topological polar surface area (TPSA) is 90.1 Å². The van der Waals surface area contributed by atoms with Crippen LogP contribution in [-0.4, -0.2) is 27.6 Å². The number of nitrogens with zero attached hydrogens (tertiary/aromatic N) is 3. The molecule has 29 heavy (non-hydrogen) atoms. The van der Waals surface area contributed by atoms with E-state index in [-0.39, 0.29) is 12.5 Å². The maximum atomic E-state index is 12.3. The maximum Gasteiger partial charge on any atom is 0.262 e. The van der Waals surface area contributed by atoms with E-state index in [1.54, 1.807) is 67.0 Å². The number of nitrogens with one attached hydrogen (secondary N) is 1. The average Bonchev–Trinajstić information content (AvgIpc) is 3.24. The number of hydrogen-bond donors (Lipinski definition) is 1. The predicted molar refractivity (Wildman–Crippen MR) is 109 cm³/mol. The molecule has 0 saturated carbocycles. The number of carbonyl (C=O) groups excluding carboxylic acids is 1. The van der Waals surface area contributed by atoms with Gasteiger partial charge in [-0.15, -0.1) is 0 Å². The molecule has 0 spiro atoms. The molecule has 2 heterocycles. The molecule has 0 unspecified atom stereocenters. The third kappa shape index (κ3) is 4.59. The van der Waals surface area contributed by atoms with E-state index in [1.165, 1.54) is 0 Å². The monoisotopic (exact) mass is 406 g/mol. The van der Waals surface area contributed by atoms with Gasteiger partial charge in [0.05, 0.1) is 11.3 Å². The fourth-order valence-electron chi connectivity index (χ4n) is 2.60. The number of pyridine rings is 1. The molecule has 8 heteroatoms. The molecule has 7 nitrogen and oxygen atoms in total. The molecule has 2 aromatic heterocycles. The maximum absolute atomic E-state index is 12.3. The fourth-order valence-corrected chi connectivity index (χ4v) is 2.72. The second-order valence-corrected chi connectivity index (χ2v) is 6.43. The molecular weight excluding hydrogens is 392 g/mol. The Labute approximate surface area is 171 Å². The summed E-state index contributed by atoms with van der Waals surface area (Å²) in [6.07, 6.45) is 3.31. The van der Waals surface area contributed by atoms with Crippen LogP contribution in [0.25, 0.3) is 22.8 Å². The summed E-state index contributed by atoms with van der Waals surface area (Å²) in [6.45, 7) is -0.151. The summed E-state index contributed by atoms with van der Waals surface area (Å²) >= 11 is 5.84. The second kappa shape index (κ2) is 8.53. The lowest BCUT2D eigenvalue weighted by molar-refractivity contribution is -0.118. The Morgan fingerprint density at radius 3 is 2.59 bits per heavy atom. The summed E-state index contributed by atoms with van der Waals surface area (Å²) in [5.74, 6) is 0.971. The van der Waals surface area contributed by atoms with Gasteiger partial charge in [0, 0.05) is 23.0 Å². The number of halogens is 1. The standard InChI is InChI=1S/C21H15ClN4O3/c22-15-5-7-16(8-6-15)28-13-19(27)24-18-4-2-1-3-17(18)21-25-20(26-29-21)14-9-11-23-12-10-14/h1-12H,13H2,(H,24,27). The molecule has 144 valence electrons. The van der Waals surface area contributed by atoms with E-state index in [2.05, 4.69) is 20.4 Å². The third-order valence-corrected chi connectivity index (χ3v) is 4.23. The Morgan fingerprint density at radius 2 is 1.79 bits per heavy atom. The van der Waals surface area contributed by atoms with Crippen LogP contribution in [0.15, 0.2) is 77.6 Å². The third-order valence-electron chi connectivity index (χ3n) is 3.98. The first-order chi connectivity index (χ1) is 14.2. The minimum absolute atomic E-state index is 0.151. The van der Waals surface area contributed by atoms with Crippen molar-refractivity contribution in [2.45, 2.75) is 0 Å². The van der Waals surface area contributed by atoms with Gasteiger partial charge >= 0.3 is 0 Å². The van der Waals surface area contributed by atoms with Crippen LogP contribution in [0.4, 0.5) is 5.69 Å². The van der Waals surface area contributed by atoms with Gasteiger partial charge in [-0.2, -0.15) is 4.98 Å². The van der Waals surface area contributed by atoms with Crippen molar-refractivity contribution in [3.05, 3.63) is 78.1 Å². The van der Waals surface area contributed by atoms with E-state index in [1.807, 2.05) is 6.07 Å². The Kier molecular flexibility index (Phi) is 5.49. The average molecular weight is 407 g/mol. The Bertz CT molecular complexity index is 1110. The van der Waals surface area contributed by atoms with Crippen molar-refractivity contribution in [3.8, 4) is 28.6 Å². The molecule has 4 aromatic rings. The molecule has 1 N–H and O–H groups in total. The van der Waals surface area contributed by atoms with Gasteiger partial charge in [0.1, 0.15) is 5.75 Å². The molecule has 0 bridgehead atoms. The summed E-state index contributed by atoms with van der Waals surface area (Å²) in [5.41, 5.74) is 1.94. The SMILES string of the molecule is O=C(COc1ccc(Cl)cc1)Nc1ccccc1-c1nc(-c2ccncc2)no1. The van der Waals surface area contributed by atoms with Crippen LogP contribution >= 0.6 is 11.6 Å². The van der Waals surface area contributed by atoms with Crippen molar-refractivity contribution in [2.75, 3.05) is 11.9 Å². The van der Waals surface area contributed by atoms with Crippen LogP contribution in [0.1, 0.15) is 0 Å². The van der Waals surface area contributed by atoms with Gasteiger partial charge in [0.2, 0.25) is 5.82 Å². The number of anilines is 1. The Morgan fingerprint density at radius 1 is 1.03 bits per heavy atom. The Hall–Kier alpha value is -3.71. The van der Waals surface area contributed by atoms with Crippen LogP contribution < -0.4 is 10.1 Å². The minimum Gasteiger partial charge on any atom is -0.484 e. The summed E-state index contributed by atoms with van der Waals surface area (Å²) in [4.78, 5) is 20.7. The van der Waals surface area contributed by atoms with Crippen molar-refractivity contribution in [1.29, 1.82) is 0 Å². The van der Waals surface area contributed by atoms with Crippen molar-refractivity contribution >= 4 is 23.2 Å². The fraction of sp³-hybridized carbons (Fsp3) is 0.0476. The molecule has 0 atom stereocenters. The lowest BCUT2D eigenvalue weighted by Gasteiger charge is -2.09. The number of ether oxygens (including phenoxy) is 1. The predicted octanol–water partition coefficient (Wildman–Crippen LogP) is 4.47. The van der Waals surface area contributed by atoms with E-state index in [0.29, 0.717) is 33.7 Å². The number of benzene rings is 2. The van der Waals surface area contributed by atoms with Crippen LogP contribution in [0.2, 0.25) is 5.02 Å². The largest absolute Gasteiger partial charge is 0.484 e. The highest BCUT2D eigenvalue weighted by Gasteiger charge is 2.15. The van der Waals surface area contributed by atoms with Crippen molar-refractivity contribution in [3.63, 3.8) is 0 Å². The van der Waals surface area contributed by atoms with Gasteiger partial charge in [0.15, 0.2) is 6.61 Å². The van der Waals surface area contributed by atoms with Crippen molar-refractivity contribution < 1.29 is 14.1 Å². The van der Waals surface area contributed by atoms with Gasteiger partial charge in [-0.3, -0.25) is 9.78 Å². The van der Waals surface area contributed by atoms with E-state index in [0.717, 1.165) is 5.56 Å².